The van der Waals surface area contributed by atoms with E-state index in [4.69, 9.17) is 5.73 Å². The number of carbonyl (C=O) groups excluding carboxylic acids is 1. The van der Waals surface area contributed by atoms with Crippen LogP contribution in [0.25, 0.3) is 0 Å². The molecule has 0 radical (unpaired) electrons. The van der Waals surface area contributed by atoms with Crippen molar-refractivity contribution >= 4 is 5.78 Å². The predicted octanol–water partition coefficient (Wildman–Crippen LogP) is 1.15. The highest BCUT2D eigenvalue weighted by atomic mass is 16.1. The summed E-state index contributed by atoms with van der Waals surface area (Å²) in [5, 5.41) is 3.18. The SMILES string of the molecule is CNCc1ccc2c(c1)CN(C1=C(N)C(=O)C1C)CC2. The molecule has 2 aliphatic rings. The molecule has 3 rings (SSSR count). The van der Waals surface area contributed by atoms with Crippen LogP contribution in [0.15, 0.2) is 29.6 Å². The third-order valence-corrected chi connectivity index (χ3v) is 4.35. The second kappa shape index (κ2) is 4.94. The van der Waals surface area contributed by atoms with Crippen molar-refractivity contribution in [1.82, 2.24) is 10.2 Å². The number of benzene rings is 1. The van der Waals surface area contributed by atoms with Crippen molar-refractivity contribution < 1.29 is 4.79 Å². The Bertz CT molecular complexity index is 591. The molecular formula is C16H21N3O. The molecule has 1 aliphatic carbocycles. The lowest BCUT2D eigenvalue weighted by atomic mass is 9.84. The van der Waals surface area contributed by atoms with E-state index in [1.165, 1.54) is 16.7 Å². The van der Waals surface area contributed by atoms with E-state index in [9.17, 15) is 4.79 Å². The first-order valence-electron chi connectivity index (χ1n) is 7.16. The maximum Gasteiger partial charge on any atom is 0.188 e. The highest BCUT2D eigenvalue weighted by Crippen LogP contribution is 2.34. The Morgan fingerprint density at radius 2 is 2.20 bits per heavy atom. The molecular weight excluding hydrogens is 250 g/mol. The Hall–Kier alpha value is -1.81. The Morgan fingerprint density at radius 1 is 1.40 bits per heavy atom. The van der Waals surface area contributed by atoms with Crippen LogP contribution in [0.2, 0.25) is 0 Å². The van der Waals surface area contributed by atoms with Gasteiger partial charge in [0.2, 0.25) is 0 Å². The van der Waals surface area contributed by atoms with Crippen LogP contribution in [0.1, 0.15) is 23.6 Å². The number of nitrogens with two attached hydrogens (primary N) is 1. The zero-order valence-corrected chi connectivity index (χ0v) is 12.1. The first-order valence-corrected chi connectivity index (χ1v) is 7.16. The molecule has 0 saturated heterocycles. The van der Waals surface area contributed by atoms with Crippen LogP contribution in [0.4, 0.5) is 0 Å². The summed E-state index contributed by atoms with van der Waals surface area (Å²) in [6, 6.07) is 6.68. The fraction of sp³-hybridized carbons (Fsp3) is 0.438. The van der Waals surface area contributed by atoms with Gasteiger partial charge in [0.1, 0.15) is 0 Å². The van der Waals surface area contributed by atoms with Crippen molar-refractivity contribution in [2.75, 3.05) is 13.6 Å². The molecule has 0 saturated carbocycles. The topological polar surface area (TPSA) is 58.4 Å². The van der Waals surface area contributed by atoms with Gasteiger partial charge in [0.15, 0.2) is 5.78 Å². The van der Waals surface area contributed by atoms with E-state index in [1.54, 1.807) is 0 Å². The molecule has 1 aromatic rings. The summed E-state index contributed by atoms with van der Waals surface area (Å²) in [5.41, 5.74) is 11.4. The van der Waals surface area contributed by atoms with Crippen LogP contribution < -0.4 is 11.1 Å². The monoisotopic (exact) mass is 271 g/mol. The lowest BCUT2D eigenvalue weighted by molar-refractivity contribution is -0.121. The molecule has 0 aromatic heterocycles. The summed E-state index contributed by atoms with van der Waals surface area (Å²) in [4.78, 5) is 13.9. The molecule has 20 heavy (non-hydrogen) atoms. The van der Waals surface area contributed by atoms with Gasteiger partial charge in [-0.05, 0) is 37.1 Å². The summed E-state index contributed by atoms with van der Waals surface area (Å²) < 4.78 is 0. The summed E-state index contributed by atoms with van der Waals surface area (Å²) in [5.74, 6) is 0.0618. The van der Waals surface area contributed by atoms with Gasteiger partial charge in [0, 0.05) is 19.6 Å². The van der Waals surface area contributed by atoms with Crippen molar-refractivity contribution in [2.24, 2.45) is 11.7 Å². The van der Waals surface area contributed by atoms with Crippen molar-refractivity contribution in [1.29, 1.82) is 0 Å². The summed E-state index contributed by atoms with van der Waals surface area (Å²) in [7, 11) is 1.96. The number of nitrogens with one attached hydrogen (secondary N) is 1. The fourth-order valence-corrected chi connectivity index (χ4v) is 3.21. The van der Waals surface area contributed by atoms with E-state index < -0.39 is 0 Å². The third-order valence-electron chi connectivity index (χ3n) is 4.35. The van der Waals surface area contributed by atoms with Gasteiger partial charge in [0.05, 0.1) is 17.3 Å². The number of rotatable bonds is 3. The van der Waals surface area contributed by atoms with Crippen LogP contribution in [0.3, 0.4) is 0 Å². The van der Waals surface area contributed by atoms with Crippen molar-refractivity contribution in [3.63, 3.8) is 0 Å². The zero-order valence-electron chi connectivity index (χ0n) is 12.1. The molecule has 0 amide bonds. The van der Waals surface area contributed by atoms with Gasteiger partial charge >= 0.3 is 0 Å². The number of ketones is 1. The number of fused-ring (bicyclic) bond motifs is 1. The normalized spacial score (nSPS) is 21.8. The quantitative estimate of drug-likeness (QED) is 0.866. The first kappa shape index (κ1) is 13.2. The van der Waals surface area contributed by atoms with Gasteiger partial charge in [-0.2, -0.15) is 0 Å². The van der Waals surface area contributed by atoms with Gasteiger partial charge < -0.3 is 16.0 Å². The summed E-state index contributed by atoms with van der Waals surface area (Å²) in [6.45, 7) is 4.64. The molecule has 1 aromatic carbocycles. The van der Waals surface area contributed by atoms with E-state index in [2.05, 4.69) is 28.4 Å². The molecule has 1 unspecified atom stereocenters. The molecule has 1 atom stereocenters. The first-order chi connectivity index (χ1) is 9.61. The van der Waals surface area contributed by atoms with E-state index >= 15 is 0 Å². The Labute approximate surface area is 119 Å². The van der Waals surface area contributed by atoms with Crippen molar-refractivity contribution in [3.8, 4) is 0 Å². The predicted molar refractivity (Wildman–Crippen MR) is 78.7 cm³/mol. The Balaban J connectivity index is 1.85. The second-order valence-electron chi connectivity index (χ2n) is 5.69. The van der Waals surface area contributed by atoms with Gasteiger partial charge in [-0.15, -0.1) is 0 Å². The third kappa shape index (κ3) is 2.00. The number of Topliss-reactive ketones (excluding diaryl/α,β-unsaturated/α-hetero) is 1. The van der Waals surface area contributed by atoms with E-state index in [0.29, 0.717) is 5.70 Å². The molecule has 1 heterocycles. The average molecular weight is 271 g/mol. The largest absolute Gasteiger partial charge is 0.394 e. The molecule has 0 spiro atoms. The second-order valence-corrected chi connectivity index (χ2v) is 5.69. The maximum atomic E-state index is 11.6. The average Bonchev–Trinajstić information content (AvgIpc) is 2.47. The lowest BCUT2D eigenvalue weighted by Gasteiger charge is -2.40. The molecule has 4 heteroatoms. The van der Waals surface area contributed by atoms with Crippen molar-refractivity contribution in [2.45, 2.75) is 26.4 Å². The maximum absolute atomic E-state index is 11.6. The smallest absolute Gasteiger partial charge is 0.188 e. The van der Waals surface area contributed by atoms with Crippen LogP contribution >= 0.6 is 0 Å². The Kier molecular flexibility index (Phi) is 3.26. The zero-order chi connectivity index (χ0) is 14.3. The molecule has 0 fully saturated rings. The fourth-order valence-electron chi connectivity index (χ4n) is 3.21. The molecule has 3 N–H and O–H groups in total. The molecule has 106 valence electrons. The molecule has 4 nitrogen and oxygen atoms in total. The lowest BCUT2D eigenvalue weighted by Crippen LogP contribution is -2.44. The standard InChI is InChI=1S/C16H21N3O/c1-10-15(14(17)16(10)20)19-6-5-12-4-3-11(8-18-2)7-13(12)9-19/h3-4,7,10,18H,5-6,8-9,17H2,1-2H3. The van der Waals surface area contributed by atoms with Gasteiger partial charge in [0.25, 0.3) is 0 Å². The minimum atomic E-state index is -0.0305. The van der Waals surface area contributed by atoms with Crippen LogP contribution in [0, 0.1) is 5.92 Å². The number of hydrogen-bond acceptors (Lipinski definition) is 4. The van der Waals surface area contributed by atoms with Gasteiger partial charge in [-0.1, -0.05) is 18.2 Å². The van der Waals surface area contributed by atoms with E-state index in [-0.39, 0.29) is 11.7 Å². The Morgan fingerprint density at radius 3 is 2.90 bits per heavy atom. The van der Waals surface area contributed by atoms with Crippen LogP contribution in [-0.4, -0.2) is 24.3 Å². The summed E-state index contributed by atoms with van der Waals surface area (Å²) in [6.07, 6.45) is 1.02. The van der Waals surface area contributed by atoms with Crippen LogP contribution in [-0.2, 0) is 24.3 Å². The number of allylic oxidation sites excluding steroid dienone is 2. The minimum absolute atomic E-state index is 0.0305. The molecule has 1 aliphatic heterocycles. The minimum Gasteiger partial charge on any atom is -0.394 e. The van der Waals surface area contributed by atoms with Gasteiger partial charge in [-0.3, -0.25) is 4.79 Å². The molecule has 0 bridgehead atoms. The van der Waals surface area contributed by atoms with Gasteiger partial charge in [-0.25, -0.2) is 0 Å². The van der Waals surface area contributed by atoms with Crippen LogP contribution in [0.5, 0.6) is 0 Å². The van der Waals surface area contributed by atoms with Crippen molar-refractivity contribution in [3.05, 3.63) is 46.3 Å². The highest BCUT2D eigenvalue weighted by Gasteiger charge is 2.38. The number of carbonyl (C=O) groups is 1. The van der Waals surface area contributed by atoms with E-state index in [0.717, 1.165) is 31.8 Å². The summed E-state index contributed by atoms with van der Waals surface area (Å²) >= 11 is 0. The number of hydrogen-bond donors (Lipinski definition) is 2. The van der Waals surface area contributed by atoms with E-state index in [1.807, 2.05) is 14.0 Å². The highest BCUT2D eigenvalue weighted by molar-refractivity contribution is 6.05. The number of nitrogens with zero attached hydrogens (tertiary/aromatic N) is 1.